The van der Waals surface area contributed by atoms with Gasteiger partial charge in [-0.25, -0.2) is 10.3 Å². The predicted octanol–water partition coefficient (Wildman–Crippen LogP) is -0.0672. The second kappa shape index (κ2) is 7.04. The molecule has 0 aromatic heterocycles. The highest BCUT2D eigenvalue weighted by Gasteiger charge is 2.49. The highest BCUT2D eigenvalue weighted by atomic mass is 32.3. The number of fused-ring (bicyclic) bond motifs is 2. The normalized spacial score (nSPS) is 30.5. The minimum absolute atomic E-state index is 0.0438. The molecule has 0 saturated carbocycles. The SMILES string of the molecule is O=C(NOC1CCCSC1)[C@H]1CC[C@H]2CN1C(=O)N2OS(=O)(=O)O. The number of thioether (sulfide) groups is 1. The first-order chi connectivity index (χ1) is 11.3. The van der Waals surface area contributed by atoms with Crippen LogP contribution < -0.4 is 5.48 Å². The maximum Gasteiger partial charge on any atom is 0.418 e. The van der Waals surface area contributed by atoms with Crippen molar-refractivity contribution in [2.24, 2.45) is 0 Å². The van der Waals surface area contributed by atoms with E-state index >= 15 is 0 Å². The Hall–Kier alpha value is -1.08. The molecule has 3 aliphatic heterocycles. The quantitative estimate of drug-likeness (QED) is 0.501. The fourth-order valence-corrected chi connectivity index (χ4v) is 4.54. The van der Waals surface area contributed by atoms with Gasteiger partial charge in [0.1, 0.15) is 6.04 Å². The number of nitrogens with one attached hydrogen (secondary N) is 1. The largest absolute Gasteiger partial charge is 0.418 e. The Balaban J connectivity index is 1.58. The summed E-state index contributed by atoms with van der Waals surface area (Å²) < 4.78 is 34.7. The van der Waals surface area contributed by atoms with Crippen molar-refractivity contribution >= 4 is 34.1 Å². The van der Waals surface area contributed by atoms with Crippen LogP contribution in [0.2, 0.25) is 0 Å². The molecular formula is C12H19N3O7S2. The van der Waals surface area contributed by atoms with Crippen LogP contribution in [-0.4, -0.2) is 71.1 Å². The van der Waals surface area contributed by atoms with Gasteiger partial charge in [-0.05, 0) is 31.4 Å². The fraction of sp³-hybridized carbons (Fsp3) is 0.833. The molecule has 0 aromatic rings. The molecule has 0 spiro atoms. The lowest BCUT2D eigenvalue weighted by Crippen LogP contribution is -2.50. The van der Waals surface area contributed by atoms with Gasteiger partial charge in [0.05, 0.1) is 12.1 Å². The van der Waals surface area contributed by atoms with Gasteiger partial charge in [-0.2, -0.15) is 25.2 Å². The molecular weight excluding hydrogens is 362 g/mol. The van der Waals surface area contributed by atoms with Crippen LogP contribution in [0.5, 0.6) is 0 Å². The lowest BCUT2D eigenvalue weighted by molar-refractivity contribution is -0.143. The van der Waals surface area contributed by atoms with E-state index in [0.717, 1.165) is 24.3 Å². The van der Waals surface area contributed by atoms with Crippen molar-refractivity contribution < 1.29 is 31.7 Å². The Kier molecular flexibility index (Phi) is 5.20. The number of carbonyl (C=O) groups is 2. The van der Waals surface area contributed by atoms with Crippen molar-refractivity contribution in [1.82, 2.24) is 15.4 Å². The number of amides is 3. The van der Waals surface area contributed by atoms with E-state index in [-0.39, 0.29) is 12.6 Å². The Bertz CT molecular complexity index is 608. The van der Waals surface area contributed by atoms with Gasteiger partial charge in [-0.15, -0.1) is 4.28 Å². The Morgan fingerprint density at radius 3 is 2.79 bits per heavy atom. The first kappa shape index (κ1) is 17.7. The summed E-state index contributed by atoms with van der Waals surface area (Å²) in [4.78, 5) is 31.2. The minimum atomic E-state index is -4.79. The Morgan fingerprint density at radius 1 is 1.33 bits per heavy atom. The van der Waals surface area contributed by atoms with E-state index in [4.69, 9.17) is 9.39 Å². The number of urea groups is 1. The molecule has 136 valence electrons. The number of hydrogen-bond acceptors (Lipinski definition) is 7. The molecule has 0 radical (unpaired) electrons. The third-order valence-corrected chi connectivity index (χ3v) is 5.78. The van der Waals surface area contributed by atoms with Gasteiger partial charge in [0, 0.05) is 12.3 Å². The molecule has 1 unspecified atom stereocenters. The van der Waals surface area contributed by atoms with Crippen molar-refractivity contribution in [3.8, 4) is 0 Å². The van der Waals surface area contributed by atoms with Crippen LogP contribution >= 0.6 is 11.8 Å². The number of rotatable bonds is 5. The van der Waals surface area contributed by atoms with E-state index in [1.807, 2.05) is 0 Å². The molecule has 12 heteroatoms. The van der Waals surface area contributed by atoms with E-state index in [1.54, 1.807) is 11.8 Å². The molecule has 3 rings (SSSR count). The summed E-state index contributed by atoms with van der Waals surface area (Å²) in [7, 11) is -4.79. The van der Waals surface area contributed by atoms with Crippen molar-refractivity contribution in [2.75, 3.05) is 18.1 Å². The third kappa shape index (κ3) is 3.94. The van der Waals surface area contributed by atoms with Crippen molar-refractivity contribution in [1.29, 1.82) is 0 Å². The van der Waals surface area contributed by atoms with Gasteiger partial charge >= 0.3 is 16.4 Å². The Morgan fingerprint density at radius 2 is 2.12 bits per heavy atom. The van der Waals surface area contributed by atoms with Crippen LogP contribution in [0.1, 0.15) is 25.7 Å². The number of piperidine rings is 1. The van der Waals surface area contributed by atoms with Crippen LogP contribution in [-0.2, 0) is 24.3 Å². The molecule has 3 atom stereocenters. The number of carbonyl (C=O) groups excluding carboxylic acids is 2. The molecule has 0 aliphatic carbocycles. The average molecular weight is 381 g/mol. The van der Waals surface area contributed by atoms with Crippen LogP contribution in [0.15, 0.2) is 0 Å². The highest BCUT2D eigenvalue weighted by molar-refractivity contribution is 7.99. The number of nitrogens with zero attached hydrogens (tertiary/aromatic N) is 2. The number of hydroxylamine groups is 3. The molecule has 2 N–H and O–H groups in total. The molecule has 3 saturated heterocycles. The summed E-state index contributed by atoms with van der Waals surface area (Å²) in [5.74, 6) is 1.46. The predicted molar refractivity (Wildman–Crippen MR) is 83.0 cm³/mol. The van der Waals surface area contributed by atoms with Crippen molar-refractivity contribution in [2.45, 2.75) is 43.9 Å². The zero-order valence-electron chi connectivity index (χ0n) is 12.8. The first-order valence-electron chi connectivity index (χ1n) is 7.65. The fourth-order valence-electron chi connectivity index (χ4n) is 3.12. The van der Waals surface area contributed by atoms with Crippen LogP contribution in [0.4, 0.5) is 4.79 Å². The van der Waals surface area contributed by atoms with Gasteiger partial charge in [-0.3, -0.25) is 14.2 Å². The van der Waals surface area contributed by atoms with Gasteiger partial charge in [0.2, 0.25) is 0 Å². The minimum Gasteiger partial charge on any atom is -0.309 e. The van der Waals surface area contributed by atoms with Crippen LogP contribution in [0.25, 0.3) is 0 Å². The smallest absolute Gasteiger partial charge is 0.309 e. The Labute approximate surface area is 143 Å². The average Bonchev–Trinajstić information content (AvgIpc) is 2.77. The molecule has 2 bridgehead atoms. The zero-order valence-corrected chi connectivity index (χ0v) is 14.4. The maximum absolute atomic E-state index is 12.3. The van der Waals surface area contributed by atoms with Gasteiger partial charge in [0.15, 0.2) is 0 Å². The molecule has 3 fully saturated rings. The van der Waals surface area contributed by atoms with Gasteiger partial charge < -0.3 is 4.90 Å². The lowest BCUT2D eigenvalue weighted by Gasteiger charge is -2.30. The lowest BCUT2D eigenvalue weighted by atomic mass is 10.0. The molecule has 3 heterocycles. The standard InChI is InChI=1S/C12H19N3O7S2/c16-11(13-21-9-2-1-5-23-7-9)10-4-3-8-6-14(10)12(17)15(8)22-24(18,19)20/h8-10H,1-7H2,(H,13,16)(H,18,19,20)/t8-,9?,10+/m0/s1. The van der Waals surface area contributed by atoms with Crippen molar-refractivity contribution in [3.63, 3.8) is 0 Å². The van der Waals surface area contributed by atoms with Crippen molar-refractivity contribution in [3.05, 3.63) is 0 Å². The van der Waals surface area contributed by atoms with E-state index in [9.17, 15) is 18.0 Å². The monoisotopic (exact) mass is 381 g/mol. The summed E-state index contributed by atoms with van der Waals surface area (Å²) in [5.41, 5.74) is 2.42. The van der Waals surface area contributed by atoms with Gasteiger partial charge in [-0.1, -0.05) is 0 Å². The summed E-state index contributed by atoms with van der Waals surface area (Å²) in [6, 6.07) is -2.03. The first-order valence-corrected chi connectivity index (χ1v) is 10.2. The summed E-state index contributed by atoms with van der Waals surface area (Å²) in [6.45, 7) is 0.158. The third-order valence-electron chi connectivity index (χ3n) is 4.24. The summed E-state index contributed by atoms with van der Waals surface area (Å²) in [6.07, 6.45) is 2.60. The van der Waals surface area contributed by atoms with Crippen LogP contribution in [0.3, 0.4) is 0 Å². The second-order valence-corrected chi connectivity index (χ2v) is 8.09. The molecule has 3 amide bonds. The second-order valence-electron chi connectivity index (χ2n) is 5.93. The molecule has 3 aliphatic rings. The highest BCUT2D eigenvalue weighted by Crippen LogP contribution is 2.30. The number of hydrogen-bond donors (Lipinski definition) is 2. The zero-order chi connectivity index (χ0) is 17.3. The van der Waals surface area contributed by atoms with Crippen LogP contribution in [0, 0.1) is 0 Å². The molecule has 10 nitrogen and oxygen atoms in total. The van der Waals surface area contributed by atoms with E-state index in [0.29, 0.717) is 17.9 Å². The topological polar surface area (TPSA) is 125 Å². The summed E-state index contributed by atoms with van der Waals surface area (Å²) in [5, 5.41) is 0.612. The van der Waals surface area contributed by atoms with Gasteiger partial charge in [0.25, 0.3) is 5.91 Å². The molecule has 0 aromatic carbocycles. The maximum atomic E-state index is 12.3. The summed E-state index contributed by atoms with van der Waals surface area (Å²) >= 11 is 1.76. The van der Waals surface area contributed by atoms with E-state index in [2.05, 4.69) is 9.76 Å². The van der Waals surface area contributed by atoms with E-state index < -0.39 is 34.4 Å². The molecule has 24 heavy (non-hydrogen) atoms. The van der Waals surface area contributed by atoms with E-state index in [1.165, 1.54) is 4.90 Å².